The Labute approximate surface area is 97.9 Å². The first-order valence-electron chi connectivity index (χ1n) is 5.96. The van der Waals surface area contributed by atoms with E-state index >= 15 is 0 Å². The minimum atomic E-state index is 0.552. The molecule has 0 aliphatic heterocycles. The van der Waals surface area contributed by atoms with E-state index in [-0.39, 0.29) is 0 Å². The molecule has 2 unspecified atom stereocenters. The number of thiophene rings is 1. The van der Waals surface area contributed by atoms with Gasteiger partial charge < -0.3 is 5.32 Å². The fourth-order valence-electron chi connectivity index (χ4n) is 1.89. The molecular weight excluding hydrogens is 202 g/mol. The molecule has 0 amide bonds. The van der Waals surface area contributed by atoms with Crippen LogP contribution in [0.3, 0.4) is 0 Å². The fraction of sp³-hybridized carbons (Fsp3) is 0.692. The van der Waals surface area contributed by atoms with Gasteiger partial charge in [-0.15, -0.1) is 11.3 Å². The summed E-state index contributed by atoms with van der Waals surface area (Å²) in [5, 5.41) is 5.80. The van der Waals surface area contributed by atoms with Crippen molar-refractivity contribution >= 4 is 11.3 Å². The van der Waals surface area contributed by atoms with Crippen LogP contribution in [0.5, 0.6) is 0 Å². The summed E-state index contributed by atoms with van der Waals surface area (Å²) in [5.74, 6) is 0.799. The van der Waals surface area contributed by atoms with Crippen molar-refractivity contribution < 1.29 is 0 Å². The maximum absolute atomic E-state index is 3.60. The minimum Gasteiger partial charge on any atom is -0.310 e. The fourth-order valence-corrected chi connectivity index (χ4v) is 2.66. The largest absolute Gasteiger partial charge is 0.310 e. The van der Waals surface area contributed by atoms with Crippen molar-refractivity contribution in [3.8, 4) is 0 Å². The Morgan fingerprint density at radius 1 is 1.40 bits per heavy atom. The van der Waals surface area contributed by atoms with Gasteiger partial charge in [0.1, 0.15) is 0 Å². The van der Waals surface area contributed by atoms with Gasteiger partial charge in [-0.2, -0.15) is 0 Å². The Hall–Kier alpha value is -0.340. The molecule has 1 aromatic rings. The zero-order chi connectivity index (χ0) is 11.3. The molecule has 1 rings (SSSR count). The lowest BCUT2D eigenvalue weighted by Gasteiger charge is -2.21. The van der Waals surface area contributed by atoms with Gasteiger partial charge >= 0.3 is 0 Å². The van der Waals surface area contributed by atoms with E-state index < -0.39 is 0 Å². The average molecular weight is 225 g/mol. The van der Waals surface area contributed by atoms with Gasteiger partial charge in [-0.3, -0.25) is 0 Å². The van der Waals surface area contributed by atoms with Gasteiger partial charge in [-0.05, 0) is 42.8 Å². The van der Waals surface area contributed by atoms with Crippen LogP contribution in [0.25, 0.3) is 0 Å². The summed E-state index contributed by atoms with van der Waals surface area (Å²) < 4.78 is 0. The van der Waals surface area contributed by atoms with Crippen LogP contribution in [0.4, 0.5) is 0 Å². The van der Waals surface area contributed by atoms with E-state index in [0.717, 1.165) is 12.5 Å². The molecule has 0 aliphatic carbocycles. The predicted molar refractivity (Wildman–Crippen MR) is 69.5 cm³/mol. The van der Waals surface area contributed by atoms with Crippen molar-refractivity contribution in [1.29, 1.82) is 0 Å². The second-order valence-corrected chi connectivity index (χ2v) is 5.41. The monoisotopic (exact) mass is 225 g/mol. The molecular formula is C13H23NS. The molecule has 1 nitrogen and oxygen atoms in total. The molecule has 86 valence electrons. The number of nitrogens with one attached hydrogen (secondary N) is 1. The smallest absolute Gasteiger partial charge is 0.0333 e. The van der Waals surface area contributed by atoms with E-state index in [2.05, 4.69) is 44.5 Å². The first kappa shape index (κ1) is 12.7. The highest BCUT2D eigenvalue weighted by molar-refractivity contribution is 7.10. The van der Waals surface area contributed by atoms with Crippen molar-refractivity contribution in [3.05, 3.63) is 21.9 Å². The summed E-state index contributed by atoms with van der Waals surface area (Å²) in [6.45, 7) is 10.1. The molecule has 0 aromatic carbocycles. The summed E-state index contributed by atoms with van der Waals surface area (Å²) in [4.78, 5) is 1.46. The third kappa shape index (κ3) is 3.62. The summed E-state index contributed by atoms with van der Waals surface area (Å²) in [6, 6.07) is 2.83. The zero-order valence-corrected chi connectivity index (χ0v) is 11.2. The Morgan fingerprint density at radius 3 is 2.60 bits per heavy atom. The summed E-state index contributed by atoms with van der Waals surface area (Å²) in [6.07, 6.45) is 2.52. The van der Waals surface area contributed by atoms with Crippen LogP contribution in [-0.2, 0) is 0 Å². The molecule has 0 radical (unpaired) electrons. The lowest BCUT2D eigenvalue weighted by molar-refractivity contribution is 0.408. The molecule has 2 heteroatoms. The number of rotatable bonds is 6. The highest BCUT2D eigenvalue weighted by atomic mass is 32.1. The van der Waals surface area contributed by atoms with Crippen LogP contribution >= 0.6 is 11.3 Å². The van der Waals surface area contributed by atoms with Crippen LogP contribution in [0.2, 0.25) is 0 Å². The zero-order valence-electron chi connectivity index (χ0n) is 10.3. The van der Waals surface area contributed by atoms with Crippen molar-refractivity contribution in [3.63, 3.8) is 0 Å². The molecule has 0 fully saturated rings. The van der Waals surface area contributed by atoms with Crippen molar-refractivity contribution in [2.75, 3.05) is 6.54 Å². The topological polar surface area (TPSA) is 12.0 Å². The van der Waals surface area contributed by atoms with E-state index in [1.54, 1.807) is 0 Å². The van der Waals surface area contributed by atoms with Crippen molar-refractivity contribution in [1.82, 2.24) is 5.32 Å². The van der Waals surface area contributed by atoms with E-state index in [0.29, 0.717) is 6.04 Å². The molecule has 0 bridgehead atoms. The average Bonchev–Trinajstić information content (AvgIpc) is 2.63. The first-order chi connectivity index (χ1) is 7.19. The lowest BCUT2D eigenvalue weighted by Crippen LogP contribution is -2.22. The summed E-state index contributed by atoms with van der Waals surface area (Å²) >= 11 is 1.85. The van der Waals surface area contributed by atoms with Crippen molar-refractivity contribution in [2.45, 2.75) is 46.6 Å². The molecule has 0 saturated heterocycles. The number of hydrogen-bond donors (Lipinski definition) is 1. The van der Waals surface area contributed by atoms with Gasteiger partial charge in [0.2, 0.25) is 0 Å². The molecule has 1 aromatic heterocycles. The quantitative estimate of drug-likeness (QED) is 0.767. The second kappa shape index (κ2) is 6.29. The molecule has 1 heterocycles. The highest BCUT2D eigenvalue weighted by Gasteiger charge is 2.15. The van der Waals surface area contributed by atoms with Gasteiger partial charge in [0.25, 0.3) is 0 Å². The van der Waals surface area contributed by atoms with E-state index in [1.165, 1.54) is 23.3 Å². The van der Waals surface area contributed by atoms with E-state index in [9.17, 15) is 0 Å². The first-order valence-corrected chi connectivity index (χ1v) is 6.84. The maximum atomic E-state index is 3.60. The van der Waals surface area contributed by atoms with Crippen LogP contribution in [0, 0.1) is 12.8 Å². The maximum Gasteiger partial charge on any atom is 0.0333 e. The normalized spacial score (nSPS) is 15.2. The van der Waals surface area contributed by atoms with Crippen LogP contribution in [-0.4, -0.2) is 6.54 Å². The van der Waals surface area contributed by atoms with E-state index in [4.69, 9.17) is 0 Å². The Kier molecular flexibility index (Phi) is 5.34. The van der Waals surface area contributed by atoms with Gasteiger partial charge in [0.05, 0.1) is 0 Å². The third-order valence-corrected chi connectivity index (χ3v) is 3.92. The standard InChI is InChI=1S/C13H23NS/c1-5-10(3)9-13(14-6-2)12-7-8-15-11(12)4/h7-8,10,13-14H,5-6,9H2,1-4H3. The Balaban J connectivity index is 2.69. The van der Waals surface area contributed by atoms with Crippen LogP contribution in [0.15, 0.2) is 11.4 Å². The lowest BCUT2D eigenvalue weighted by atomic mass is 9.94. The molecule has 0 spiro atoms. The second-order valence-electron chi connectivity index (χ2n) is 4.29. The van der Waals surface area contributed by atoms with Crippen LogP contribution < -0.4 is 5.32 Å². The summed E-state index contributed by atoms with van der Waals surface area (Å²) in [5.41, 5.74) is 1.50. The molecule has 1 N–H and O–H groups in total. The predicted octanol–water partition coefficient (Wildman–Crippen LogP) is 4.14. The molecule has 0 aliphatic rings. The van der Waals surface area contributed by atoms with Gasteiger partial charge in [0.15, 0.2) is 0 Å². The Morgan fingerprint density at radius 2 is 2.13 bits per heavy atom. The summed E-state index contributed by atoms with van der Waals surface area (Å²) in [7, 11) is 0. The van der Waals surface area contributed by atoms with Gasteiger partial charge in [-0.25, -0.2) is 0 Å². The Bertz CT molecular complexity index is 280. The number of hydrogen-bond acceptors (Lipinski definition) is 2. The van der Waals surface area contributed by atoms with Gasteiger partial charge in [0, 0.05) is 10.9 Å². The van der Waals surface area contributed by atoms with Crippen molar-refractivity contribution in [2.24, 2.45) is 5.92 Å². The van der Waals surface area contributed by atoms with E-state index in [1.807, 2.05) is 11.3 Å². The van der Waals surface area contributed by atoms with Gasteiger partial charge in [-0.1, -0.05) is 27.2 Å². The minimum absolute atomic E-state index is 0.552. The molecule has 0 saturated carbocycles. The molecule has 15 heavy (non-hydrogen) atoms. The SMILES string of the molecule is CCNC(CC(C)CC)c1ccsc1C. The third-order valence-electron chi connectivity index (χ3n) is 3.06. The highest BCUT2D eigenvalue weighted by Crippen LogP contribution is 2.28. The molecule has 2 atom stereocenters. The van der Waals surface area contributed by atoms with Crippen LogP contribution in [0.1, 0.15) is 50.1 Å². The number of aryl methyl sites for hydroxylation is 1.